The predicted octanol–water partition coefficient (Wildman–Crippen LogP) is 21.2. The fourth-order valence-electron chi connectivity index (χ4n) is 9.46. The van der Waals surface area contributed by atoms with Crippen molar-refractivity contribution in [3.63, 3.8) is 0 Å². The molecule has 0 heterocycles. The number of unbranched alkanes of at least 4 members (excludes halogenated alkanes) is 41. The highest BCUT2D eigenvalue weighted by molar-refractivity contribution is 5.71. The Bertz CT molecular complexity index is 1190. The molecular formula is C65H120O6. The summed E-state index contributed by atoms with van der Waals surface area (Å²) in [6, 6.07) is 0. The normalized spacial score (nSPS) is 12.2. The van der Waals surface area contributed by atoms with Crippen molar-refractivity contribution in [3.8, 4) is 0 Å². The second kappa shape index (κ2) is 60.2. The molecule has 6 nitrogen and oxygen atoms in total. The number of esters is 3. The van der Waals surface area contributed by atoms with E-state index in [0.29, 0.717) is 19.3 Å². The quantitative estimate of drug-likeness (QED) is 0.0261. The van der Waals surface area contributed by atoms with Crippen LogP contribution in [0.1, 0.15) is 342 Å². The summed E-state index contributed by atoms with van der Waals surface area (Å²) in [5.41, 5.74) is 0. The summed E-state index contributed by atoms with van der Waals surface area (Å²) in [4.78, 5) is 38.3. The minimum absolute atomic E-state index is 0.0708. The molecule has 416 valence electrons. The van der Waals surface area contributed by atoms with Crippen LogP contribution in [0.15, 0.2) is 36.5 Å². The van der Waals surface area contributed by atoms with E-state index in [1.165, 1.54) is 218 Å². The molecule has 0 saturated heterocycles. The Kier molecular flexibility index (Phi) is 58.2. The maximum atomic E-state index is 12.9. The van der Waals surface area contributed by atoms with Gasteiger partial charge in [0.2, 0.25) is 0 Å². The van der Waals surface area contributed by atoms with Gasteiger partial charge in [-0.25, -0.2) is 0 Å². The minimum Gasteiger partial charge on any atom is -0.462 e. The van der Waals surface area contributed by atoms with E-state index < -0.39 is 6.10 Å². The monoisotopic (exact) mass is 997 g/mol. The van der Waals surface area contributed by atoms with Crippen LogP contribution >= 0.6 is 0 Å². The lowest BCUT2D eigenvalue weighted by Crippen LogP contribution is -2.30. The molecule has 0 fully saturated rings. The molecule has 0 radical (unpaired) electrons. The lowest BCUT2D eigenvalue weighted by atomic mass is 10.0. The molecule has 0 N–H and O–H groups in total. The molecule has 0 bridgehead atoms. The molecule has 6 heteroatoms. The van der Waals surface area contributed by atoms with Crippen molar-refractivity contribution in [2.45, 2.75) is 348 Å². The summed E-state index contributed by atoms with van der Waals surface area (Å²) in [5.74, 6) is -0.859. The van der Waals surface area contributed by atoms with Crippen LogP contribution in [0.3, 0.4) is 0 Å². The second-order valence-electron chi connectivity index (χ2n) is 21.3. The Morgan fingerprint density at radius 3 is 0.859 bits per heavy atom. The molecule has 0 aromatic rings. The number of ether oxygens (including phenoxy) is 3. The SMILES string of the molecule is CC/C=C\C/C=C\C/C=C\CCCCCCCCC(=O)OCC(COC(=O)CCCCCCCCCCCCCCCCCCCCC)OC(=O)CCCCCCCCCCCCCCCCCCCC. The van der Waals surface area contributed by atoms with E-state index in [1.54, 1.807) is 0 Å². The van der Waals surface area contributed by atoms with Crippen LogP contribution in [-0.4, -0.2) is 37.2 Å². The van der Waals surface area contributed by atoms with Crippen LogP contribution in [-0.2, 0) is 28.6 Å². The van der Waals surface area contributed by atoms with Crippen molar-refractivity contribution in [2.75, 3.05) is 13.2 Å². The average molecular weight is 998 g/mol. The van der Waals surface area contributed by atoms with Crippen LogP contribution in [0, 0.1) is 0 Å². The minimum atomic E-state index is -0.774. The molecule has 71 heavy (non-hydrogen) atoms. The van der Waals surface area contributed by atoms with Crippen LogP contribution < -0.4 is 0 Å². The van der Waals surface area contributed by atoms with Crippen molar-refractivity contribution >= 4 is 17.9 Å². The zero-order valence-electron chi connectivity index (χ0n) is 47.8. The first-order valence-corrected chi connectivity index (χ1v) is 31.5. The Morgan fingerprint density at radius 2 is 0.549 bits per heavy atom. The third kappa shape index (κ3) is 58.4. The number of allylic oxidation sites excluding steroid dienone is 6. The van der Waals surface area contributed by atoms with Gasteiger partial charge in [0, 0.05) is 19.3 Å². The summed E-state index contributed by atoms with van der Waals surface area (Å²) < 4.78 is 16.9. The van der Waals surface area contributed by atoms with Crippen molar-refractivity contribution in [3.05, 3.63) is 36.5 Å². The van der Waals surface area contributed by atoms with Gasteiger partial charge in [-0.3, -0.25) is 14.4 Å². The number of carbonyl (C=O) groups is 3. The Hall–Kier alpha value is -2.37. The van der Waals surface area contributed by atoms with E-state index in [0.717, 1.165) is 83.5 Å². The summed E-state index contributed by atoms with van der Waals surface area (Å²) in [5, 5.41) is 0. The first-order valence-electron chi connectivity index (χ1n) is 31.5. The smallest absolute Gasteiger partial charge is 0.306 e. The van der Waals surface area contributed by atoms with Gasteiger partial charge in [-0.1, -0.05) is 308 Å². The van der Waals surface area contributed by atoms with E-state index in [-0.39, 0.29) is 31.1 Å². The maximum Gasteiger partial charge on any atom is 0.306 e. The Balaban J connectivity index is 4.32. The van der Waals surface area contributed by atoms with Gasteiger partial charge in [-0.15, -0.1) is 0 Å². The number of hydrogen-bond donors (Lipinski definition) is 0. The lowest BCUT2D eigenvalue weighted by molar-refractivity contribution is -0.167. The van der Waals surface area contributed by atoms with Gasteiger partial charge in [0.05, 0.1) is 0 Å². The lowest BCUT2D eigenvalue weighted by Gasteiger charge is -2.18. The number of rotatable bonds is 58. The van der Waals surface area contributed by atoms with Gasteiger partial charge in [0.1, 0.15) is 13.2 Å². The summed E-state index contributed by atoms with van der Waals surface area (Å²) in [6.07, 6.45) is 72.9. The van der Waals surface area contributed by atoms with Crippen LogP contribution in [0.2, 0.25) is 0 Å². The molecular weight excluding hydrogens is 877 g/mol. The predicted molar refractivity (Wildman–Crippen MR) is 307 cm³/mol. The molecule has 0 saturated carbocycles. The Morgan fingerprint density at radius 1 is 0.296 bits per heavy atom. The van der Waals surface area contributed by atoms with E-state index in [4.69, 9.17) is 14.2 Å². The molecule has 0 rings (SSSR count). The molecule has 0 amide bonds. The van der Waals surface area contributed by atoms with Crippen LogP contribution in [0.25, 0.3) is 0 Å². The van der Waals surface area contributed by atoms with E-state index in [2.05, 4.69) is 57.2 Å². The topological polar surface area (TPSA) is 78.9 Å². The van der Waals surface area contributed by atoms with Crippen molar-refractivity contribution in [2.24, 2.45) is 0 Å². The molecule has 0 aliphatic heterocycles. The van der Waals surface area contributed by atoms with Crippen LogP contribution in [0.4, 0.5) is 0 Å². The van der Waals surface area contributed by atoms with Crippen LogP contribution in [0.5, 0.6) is 0 Å². The highest BCUT2D eigenvalue weighted by Gasteiger charge is 2.19. The highest BCUT2D eigenvalue weighted by Crippen LogP contribution is 2.18. The summed E-state index contributed by atoms with van der Waals surface area (Å²) >= 11 is 0. The maximum absolute atomic E-state index is 12.9. The largest absolute Gasteiger partial charge is 0.462 e. The molecule has 0 aromatic carbocycles. The average Bonchev–Trinajstić information content (AvgIpc) is 3.37. The standard InChI is InChI=1S/C65H120O6/c1-4-7-10-13-16-19-22-25-28-31-33-35-37-40-43-46-49-52-55-58-64(67)70-61-62(60-69-63(66)57-54-51-48-45-42-39-36-30-27-24-21-18-15-12-9-6-3)71-65(68)59-56-53-50-47-44-41-38-34-32-29-26-23-20-17-14-11-8-5-2/h9,12,18,21,27,30,62H,4-8,10-11,13-17,19-20,22-26,28-29,31-61H2,1-3H3/b12-9-,21-18-,30-27-. The molecule has 1 unspecified atom stereocenters. The number of hydrogen-bond acceptors (Lipinski definition) is 6. The summed E-state index contributed by atoms with van der Waals surface area (Å²) in [6.45, 7) is 6.59. The fraction of sp³-hybridized carbons (Fsp3) is 0.862. The fourth-order valence-corrected chi connectivity index (χ4v) is 9.46. The molecule has 0 aromatic heterocycles. The molecule has 1 atom stereocenters. The second-order valence-corrected chi connectivity index (χ2v) is 21.3. The molecule has 0 aliphatic rings. The first kappa shape index (κ1) is 68.6. The van der Waals surface area contributed by atoms with Gasteiger partial charge in [-0.2, -0.15) is 0 Å². The van der Waals surface area contributed by atoms with Gasteiger partial charge in [0.25, 0.3) is 0 Å². The van der Waals surface area contributed by atoms with Crippen molar-refractivity contribution in [1.29, 1.82) is 0 Å². The zero-order valence-corrected chi connectivity index (χ0v) is 47.8. The van der Waals surface area contributed by atoms with E-state index in [1.807, 2.05) is 0 Å². The first-order chi connectivity index (χ1) is 35.0. The third-order valence-electron chi connectivity index (χ3n) is 14.2. The van der Waals surface area contributed by atoms with Crippen molar-refractivity contribution in [1.82, 2.24) is 0 Å². The van der Waals surface area contributed by atoms with Gasteiger partial charge in [-0.05, 0) is 51.4 Å². The van der Waals surface area contributed by atoms with Gasteiger partial charge >= 0.3 is 17.9 Å². The molecule has 0 spiro atoms. The summed E-state index contributed by atoms with van der Waals surface area (Å²) in [7, 11) is 0. The van der Waals surface area contributed by atoms with Gasteiger partial charge < -0.3 is 14.2 Å². The van der Waals surface area contributed by atoms with E-state index in [9.17, 15) is 14.4 Å². The highest BCUT2D eigenvalue weighted by atomic mass is 16.6. The van der Waals surface area contributed by atoms with E-state index >= 15 is 0 Å². The van der Waals surface area contributed by atoms with Crippen molar-refractivity contribution < 1.29 is 28.6 Å². The number of carbonyl (C=O) groups excluding carboxylic acids is 3. The van der Waals surface area contributed by atoms with Gasteiger partial charge in [0.15, 0.2) is 6.10 Å². The molecule has 0 aliphatic carbocycles. The zero-order chi connectivity index (χ0) is 51.4. The third-order valence-corrected chi connectivity index (χ3v) is 14.2. The Labute approximate surface area is 442 Å².